The van der Waals surface area contributed by atoms with Crippen molar-refractivity contribution in [3.05, 3.63) is 95.6 Å². The molecule has 3 rings (SSSR count). The molecule has 11 heteroatoms. The molecule has 0 saturated carbocycles. The number of benzene rings is 3. The maximum absolute atomic E-state index is 13.8. The van der Waals surface area contributed by atoms with Crippen molar-refractivity contribution in [3.63, 3.8) is 0 Å². The van der Waals surface area contributed by atoms with Gasteiger partial charge in [0.15, 0.2) is 0 Å². The molecule has 3 aromatic rings. The van der Waals surface area contributed by atoms with Crippen LogP contribution in [0.4, 0.5) is 18.9 Å². The van der Waals surface area contributed by atoms with Gasteiger partial charge < -0.3 is 10.2 Å². The van der Waals surface area contributed by atoms with Crippen LogP contribution in [0.2, 0.25) is 0 Å². The summed E-state index contributed by atoms with van der Waals surface area (Å²) in [6.07, 6.45) is -3.67. The number of hydrogen-bond donors (Lipinski definition) is 1. The van der Waals surface area contributed by atoms with Crippen molar-refractivity contribution >= 4 is 27.5 Å². The van der Waals surface area contributed by atoms with Crippen molar-refractivity contribution in [1.29, 1.82) is 0 Å². The second kappa shape index (κ2) is 13.7. The lowest BCUT2D eigenvalue weighted by molar-refractivity contribution is -0.138. The summed E-state index contributed by atoms with van der Waals surface area (Å²) in [5, 5.41) is 2.75. The SMILES string of the molecule is CCCNC(=O)C(C)N(CCc1ccccc1)C(=O)CN(c1cccc(C(F)(F)F)c1)S(=O)(=O)c1ccc(C)cc1. The van der Waals surface area contributed by atoms with Crippen LogP contribution in [0.3, 0.4) is 0 Å². The number of sulfonamides is 1. The largest absolute Gasteiger partial charge is 0.416 e. The molecule has 7 nitrogen and oxygen atoms in total. The Morgan fingerprint density at radius 2 is 1.61 bits per heavy atom. The van der Waals surface area contributed by atoms with E-state index in [1.54, 1.807) is 19.1 Å². The summed E-state index contributed by atoms with van der Waals surface area (Å²) in [5.41, 5.74) is 0.303. The molecule has 0 spiro atoms. The Kier molecular flexibility index (Phi) is 10.6. The predicted molar refractivity (Wildman–Crippen MR) is 152 cm³/mol. The lowest BCUT2D eigenvalue weighted by atomic mass is 10.1. The Bertz CT molecular complexity index is 1430. The van der Waals surface area contributed by atoms with Crippen LogP contribution in [0.25, 0.3) is 0 Å². The van der Waals surface area contributed by atoms with Gasteiger partial charge in [0.25, 0.3) is 10.0 Å². The highest BCUT2D eigenvalue weighted by molar-refractivity contribution is 7.92. The van der Waals surface area contributed by atoms with E-state index >= 15 is 0 Å². The van der Waals surface area contributed by atoms with Crippen LogP contribution in [0, 0.1) is 6.92 Å². The Morgan fingerprint density at radius 1 is 0.951 bits per heavy atom. The van der Waals surface area contributed by atoms with E-state index < -0.39 is 46.2 Å². The van der Waals surface area contributed by atoms with Crippen molar-refractivity contribution in [2.75, 3.05) is 23.9 Å². The molecule has 0 saturated heterocycles. The standard InChI is InChI=1S/C30H34F3N3O4S/c1-4-18-34-29(38)23(3)35(19-17-24-9-6-5-7-10-24)28(37)21-36(26-12-8-11-25(20-26)30(31,32)33)41(39,40)27-15-13-22(2)14-16-27/h5-16,20,23H,4,17-19,21H2,1-3H3,(H,34,38). The highest BCUT2D eigenvalue weighted by atomic mass is 32.2. The van der Waals surface area contributed by atoms with Gasteiger partial charge >= 0.3 is 6.18 Å². The zero-order valence-corrected chi connectivity index (χ0v) is 24.0. The minimum atomic E-state index is -4.73. The molecular weight excluding hydrogens is 555 g/mol. The molecule has 0 heterocycles. The number of carbonyl (C=O) groups excluding carboxylic acids is 2. The van der Waals surface area contributed by atoms with E-state index in [-0.39, 0.29) is 17.1 Å². The number of halogens is 3. The number of amides is 2. The summed E-state index contributed by atoms with van der Waals surface area (Å²) in [7, 11) is -4.47. The molecule has 0 fully saturated rings. The van der Waals surface area contributed by atoms with E-state index in [2.05, 4.69) is 5.32 Å². The number of alkyl halides is 3. The average molecular weight is 590 g/mol. The van der Waals surface area contributed by atoms with E-state index in [1.165, 1.54) is 30.0 Å². The average Bonchev–Trinajstić information content (AvgIpc) is 2.95. The Hall–Kier alpha value is -3.86. The number of nitrogens with one attached hydrogen (secondary N) is 1. The summed E-state index contributed by atoms with van der Waals surface area (Å²) in [5.74, 6) is -1.14. The summed E-state index contributed by atoms with van der Waals surface area (Å²) in [4.78, 5) is 27.7. The van der Waals surface area contributed by atoms with Gasteiger partial charge in [-0.3, -0.25) is 13.9 Å². The molecule has 220 valence electrons. The molecule has 1 atom stereocenters. The van der Waals surface area contributed by atoms with E-state index in [4.69, 9.17) is 0 Å². The van der Waals surface area contributed by atoms with E-state index in [0.29, 0.717) is 29.8 Å². The van der Waals surface area contributed by atoms with Crippen LogP contribution < -0.4 is 9.62 Å². The molecule has 41 heavy (non-hydrogen) atoms. The minimum absolute atomic E-state index is 0.0879. The number of hydrogen-bond acceptors (Lipinski definition) is 4. The summed E-state index contributed by atoms with van der Waals surface area (Å²) >= 11 is 0. The van der Waals surface area contributed by atoms with Crippen LogP contribution in [-0.2, 0) is 32.2 Å². The van der Waals surface area contributed by atoms with Gasteiger partial charge in [0, 0.05) is 13.1 Å². The number of anilines is 1. The Balaban J connectivity index is 2.03. The van der Waals surface area contributed by atoms with Gasteiger partial charge in [0.2, 0.25) is 11.8 Å². The monoisotopic (exact) mass is 589 g/mol. The fourth-order valence-electron chi connectivity index (χ4n) is 4.17. The van der Waals surface area contributed by atoms with Gasteiger partial charge in [0.05, 0.1) is 16.1 Å². The first-order chi connectivity index (χ1) is 19.3. The van der Waals surface area contributed by atoms with Crippen molar-refractivity contribution in [1.82, 2.24) is 10.2 Å². The Labute approximate surface area is 239 Å². The first-order valence-corrected chi connectivity index (χ1v) is 14.7. The predicted octanol–water partition coefficient (Wildman–Crippen LogP) is 5.20. The summed E-state index contributed by atoms with van der Waals surface area (Å²) in [6, 6.07) is 17.9. The number of rotatable bonds is 12. The van der Waals surface area contributed by atoms with Crippen molar-refractivity contribution < 1.29 is 31.2 Å². The van der Waals surface area contributed by atoms with Crippen molar-refractivity contribution in [3.8, 4) is 0 Å². The maximum Gasteiger partial charge on any atom is 0.416 e. The lowest BCUT2D eigenvalue weighted by Crippen LogP contribution is -2.52. The van der Waals surface area contributed by atoms with Crippen LogP contribution >= 0.6 is 0 Å². The van der Waals surface area contributed by atoms with Crippen molar-refractivity contribution in [2.24, 2.45) is 0 Å². The molecule has 1 unspecified atom stereocenters. The molecule has 0 aliphatic heterocycles. The number of aryl methyl sites for hydroxylation is 1. The van der Waals surface area contributed by atoms with Crippen LogP contribution in [0.5, 0.6) is 0 Å². The number of carbonyl (C=O) groups is 2. The van der Waals surface area contributed by atoms with E-state index in [0.717, 1.165) is 23.3 Å². The number of nitrogens with zero attached hydrogens (tertiary/aromatic N) is 2. The van der Waals surface area contributed by atoms with Crippen molar-refractivity contribution in [2.45, 2.75) is 50.7 Å². The molecule has 0 aromatic heterocycles. The second-order valence-corrected chi connectivity index (χ2v) is 11.5. The van der Waals surface area contributed by atoms with E-state index in [1.807, 2.05) is 37.3 Å². The minimum Gasteiger partial charge on any atom is -0.354 e. The third-order valence-electron chi connectivity index (χ3n) is 6.55. The fourth-order valence-corrected chi connectivity index (χ4v) is 5.58. The van der Waals surface area contributed by atoms with Gasteiger partial charge in [-0.25, -0.2) is 8.42 Å². The van der Waals surface area contributed by atoms with Crippen LogP contribution in [-0.4, -0.2) is 50.8 Å². The summed E-state index contributed by atoms with van der Waals surface area (Å²) in [6.45, 7) is 4.85. The van der Waals surface area contributed by atoms with Gasteiger partial charge in [-0.15, -0.1) is 0 Å². The molecule has 2 amide bonds. The molecule has 0 radical (unpaired) electrons. The van der Waals surface area contributed by atoms with Crippen LogP contribution in [0.1, 0.15) is 37.0 Å². The molecule has 3 aromatic carbocycles. The second-order valence-electron chi connectivity index (χ2n) is 9.66. The topological polar surface area (TPSA) is 86.8 Å². The smallest absolute Gasteiger partial charge is 0.354 e. The third-order valence-corrected chi connectivity index (χ3v) is 8.34. The highest BCUT2D eigenvalue weighted by Gasteiger charge is 2.35. The molecule has 1 N–H and O–H groups in total. The zero-order chi connectivity index (χ0) is 30.2. The van der Waals surface area contributed by atoms with Gasteiger partial charge in [-0.05, 0) is 62.6 Å². The van der Waals surface area contributed by atoms with Gasteiger partial charge in [-0.1, -0.05) is 61.0 Å². The highest BCUT2D eigenvalue weighted by Crippen LogP contribution is 2.33. The normalized spacial score (nSPS) is 12.4. The Morgan fingerprint density at radius 3 is 2.22 bits per heavy atom. The first-order valence-electron chi connectivity index (χ1n) is 13.2. The lowest BCUT2D eigenvalue weighted by Gasteiger charge is -2.32. The molecule has 0 aliphatic carbocycles. The fraction of sp³-hybridized carbons (Fsp3) is 0.333. The van der Waals surface area contributed by atoms with Crippen LogP contribution in [0.15, 0.2) is 83.8 Å². The zero-order valence-electron chi connectivity index (χ0n) is 23.2. The molecule has 0 aliphatic rings. The summed E-state index contributed by atoms with van der Waals surface area (Å²) < 4.78 is 68.9. The quantitative estimate of drug-likeness (QED) is 0.315. The maximum atomic E-state index is 13.8. The molecular formula is C30H34F3N3O4S. The third kappa shape index (κ3) is 8.32. The van der Waals surface area contributed by atoms with Gasteiger partial charge in [0.1, 0.15) is 12.6 Å². The first kappa shape index (κ1) is 31.7. The van der Waals surface area contributed by atoms with E-state index in [9.17, 15) is 31.2 Å². The van der Waals surface area contributed by atoms with Gasteiger partial charge in [-0.2, -0.15) is 13.2 Å². The molecule has 0 bridgehead atoms.